The molecule has 0 aliphatic carbocycles. The van der Waals surface area contributed by atoms with Gasteiger partial charge in [0.1, 0.15) is 11.4 Å². The Kier molecular flexibility index (Phi) is 8.50. The number of benzene rings is 6. The quantitative estimate of drug-likeness (QED) is 0.151. The summed E-state index contributed by atoms with van der Waals surface area (Å²) in [6.45, 7) is 0. The van der Waals surface area contributed by atoms with Crippen LogP contribution in [0.4, 0.5) is 28.4 Å². The Labute approximate surface area is 301 Å². The predicted octanol–water partition coefficient (Wildman–Crippen LogP) is 11.6. The predicted molar refractivity (Wildman–Crippen MR) is 209 cm³/mol. The average Bonchev–Trinajstić information content (AvgIpc) is 3.63. The Balaban J connectivity index is 1.00. The molecular weight excluding hydrogens is 667 g/mol. The number of hydrogen-bond donors (Lipinski definition) is 1. The van der Waals surface area contributed by atoms with E-state index in [9.17, 15) is 8.42 Å². The molecule has 8 aromatic rings. The highest BCUT2D eigenvalue weighted by molar-refractivity contribution is 7.92. The van der Waals surface area contributed by atoms with Crippen LogP contribution in [0.5, 0.6) is 0 Å². The normalized spacial score (nSPS) is 12.0. The van der Waals surface area contributed by atoms with Gasteiger partial charge in [0.05, 0.1) is 38.7 Å². The van der Waals surface area contributed by atoms with Crippen LogP contribution >= 0.6 is 0 Å². The molecule has 254 valence electrons. The highest BCUT2D eigenvalue weighted by atomic mass is 32.2. The van der Waals surface area contributed by atoms with Gasteiger partial charge in [-0.2, -0.15) is 10.2 Å². The molecule has 0 unspecified atom stereocenters. The third-order valence-electron chi connectivity index (χ3n) is 9.05. The lowest BCUT2D eigenvalue weighted by molar-refractivity contribution is 0.601. The molecule has 8 rings (SSSR count). The minimum atomic E-state index is -3.87. The van der Waals surface area contributed by atoms with Gasteiger partial charge in [0.15, 0.2) is 0 Å². The molecule has 0 saturated carbocycles. The van der Waals surface area contributed by atoms with Crippen LogP contribution in [0.15, 0.2) is 183 Å². The smallest absolute Gasteiger partial charge is 0.261 e. The van der Waals surface area contributed by atoms with E-state index in [1.807, 2.05) is 99.0 Å². The van der Waals surface area contributed by atoms with Crippen molar-refractivity contribution >= 4 is 60.3 Å². The van der Waals surface area contributed by atoms with Gasteiger partial charge in [-0.05, 0) is 60.7 Å². The molecule has 2 heterocycles. The third kappa shape index (κ3) is 6.16. The number of sulfonamides is 1. The summed E-state index contributed by atoms with van der Waals surface area (Å²) in [6.07, 6.45) is 0. The highest BCUT2D eigenvalue weighted by Crippen LogP contribution is 2.41. The average molecular weight is 700 g/mol. The lowest BCUT2D eigenvalue weighted by Gasteiger charge is -2.08. The van der Waals surface area contributed by atoms with Gasteiger partial charge in [0.25, 0.3) is 10.0 Å². The van der Waals surface area contributed by atoms with Gasteiger partial charge in [0.2, 0.25) is 0 Å². The van der Waals surface area contributed by atoms with Crippen LogP contribution in [0.25, 0.3) is 44.3 Å². The number of hydrogen-bond acceptors (Lipinski definition) is 6. The van der Waals surface area contributed by atoms with E-state index >= 15 is 0 Å². The standard InChI is InChI=1S/C42H33N7O2S/c1-48-37-19-11-9-17-35(37)39(41(48)29-13-5-3-6-14-29)45-43-31-21-23-33(24-22-31)47-52(50,51)34-27-25-32(26-28-34)44-46-40-36-18-10-12-20-38(36)49(2)42(40)30-15-7-4-8-16-30/h3-28,47H,1-2H3. The molecule has 0 amide bonds. The molecule has 0 saturated heterocycles. The first-order valence-electron chi connectivity index (χ1n) is 16.7. The van der Waals surface area contributed by atoms with Crippen molar-refractivity contribution in [3.63, 3.8) is 0 Å². The first kappa shape index (κ1) is 32.5. The van der Waals surface area contributed by atoms with Crippen molar-refractivity contribution in [2.75, 3.05) is 4.72 Å². The number of fused-ring (bicyclic) bond motifs is 2. The second-order valence-corrected chi connectivity index (χ2v) is 14.0. The molecule has 10 heteroatoms. The number of anilines is 1. The SMILES string of the molecule is Cn1c(-c2ccccc2)c(N=Nc2ccc(NS(=O)(=O)c3ccc(N=Nc4c(-c5ccccc5)n(C)c5ccccc45)cc3)cc2)c2ccccc21. The fourth-order valence-electron chi connectivity index (χ4n) is 6.52. The maximum absolute atomic E-state index is 13.3. The number of aromatic nitrogens is 2. The summed E-state index contributed by atoms with van der Waals surface area (Å²) < 4.78 is 33.5. The topological polar surface area (TPSA) is 105 Å². The number of rotatable bonds is 9. The van der Waals surface area contributed by atoms with Gasteiger partial charge in [0, 0.05) is 41.7 Å². The maximum atomic E-state index is 13.3. The molecule has 52 heavy (non-hydrogen) atoms. The molecule has 0 aliphatic heterocycles. The van der Waals surface area contributed by atoms with Crippen molar-refractivity contribution < 1.29 is 8.42 Å². The number of nitrogens with zero attached hydrogens (tertiary/aromatic N) is 6. The van der Waals surface area contributed by atoms with Crippen LogP contribution in [0.3, 0.4) is 0 Å². The zero-order valence-electron chi connectivity index (χ0n) is 28.4. The molecular formula is C42H33N7O2S. The van der Waals surface area contributed by atoms with Gasteiger partial charge < -0.3 is 9.13 Å². The molecule has 6 aromatic carbocycles. The number of nitrogens with one attached hydrogen (secondary N) is 1. The number of para-hydroxylation sites is 2. The van der Waals surface area contributed by atoms with Crippen LogP contribution in [-0.4, -0.2) is 17.6 Å². The summed E-state index contributed by atoms with van der Waals surface area (Å²) in [4.78, 5) is 0.106. The monoisotopic (exact) mass is 699 g/mol. The van der Waals surface area contributed by atoms with Crippen molar-refractivity contribution in [2.45, 2.75) is 4.90 Å². The van der Waals surface area contributed by atoms with Crippen molar-refractivity contribution in [3.05, 3.63) is 158 Å². The summed E-state index contributed by atoms with van der Waals surface area (Å²) in [5.41, 5.74) is 9.12. The summed E-state index contributed by atoms with van der Waals surface area (Å²) in [7, 11) is 0.166. The number of aryl methyl sites for hydroxylation is 2. The van der Waals surface area contributed by atoms with Crippen molar-refractivity contribution in [3.8, 4) is 22.5 Å². The molecule has 2 aromatic heterocycles. The van der Waals surface area contributed by atoms with Gasteiger partial charge in [-0.25, -0.2) is 8.42 Å². The molecule has 0 radical (unpaired) electrons. The van der Waals surface area contributed by atoms with Gasteiger partial charge >= 0.3 is 0 Å². The zero-order valence-corrected chi connectivity index (χ0v) is 29.2. The third-order valence-corrected chi connectivity index (χ3v) is 10.4. The molecule has 0 bridgehead atoms. The fraction of sp³-hybridized carbons (Fsp3) is 0.0476. The van der Waals surface area contributed by atoms with Crippen LogP contribution in [-0.2, 0) is 24.1 Å². The lowest BCUT2D eigenvalue weighted by atomic mass is 10.1. The minimum Gasteiger partial charge on any atom is -0.342 e. The van der Waals surface area contributed by atoms with Gasteiger partial charge in [-0.1, -0.05) is 97.1 Å². The zero-order chi connectivity index (χ0) is 35.7. The van der Waals surface area contributed by atoms with E-state index in [1.54, 1.807) is 36.4 Å². The van der Waals surface area contributed by atoms with E-state index in [2.05, 4.69) is 58.6 Å². The second-order valence-electron chi connectivity index (χ2n) is 12.3. The van der Waals surface area contributed by atoms with E-state index in [-0.39, 0.29) is 4.90 Å². The highest BCUT2D eigenvalue weighted by Gasteiger charge is 2.18. The van der Waals surface area contributed by atoms with Gasteiger partial charge in [-0.15, -0.1) is 10.2 Å². The molecule has 0 atom stereocenters. The van der Waals surface area contributed by atoms with E-state index in [1.165, 1.54) is 12.1 Å². The maximum Gasteiger partial charge on any atom is 0.261 e. The summed E-state index contributed by atoms with van der Waals surface area (Å²) in [6, 6.07) is 49.5. The Hall–Kier alpha value is -6.65. The van der Waals surface area contributed by atoms with E-state index < -0.39 is 10.0 Å². The van der Waals surface area contributed by atoms with E-state index in [0.29, 0.717) is 17.1 Å². The molecule has 9 nitrogen and oxygen atoms in total. The minimum absolute atomic E-state index is 0.106. The van der Waals surface area contributed by atoms with Crippen molar-refractivity contribution in [2.24, 2.45) is 34.6 Å². The molecule has 1 N–H and O–H groups in total. The number of azo groups is 2. The first-order valence-corrected chi connectivity index (χ1v) is 18.2. The van der Waals surface area contributed by atoms with Crippen molar-refractivity contribution in [1.82, 2.24) is 9.13 Å². The Morgan fingerprint density at radius 1 is 0.462 bits per heavy atom. The van der Waals surface area contributed by atoms with E-state index in [4.69, 9.17) is 0 Å². The second kappa shape index (κ2) is 13.6. The largest absolute Gasteiger partial charge is 0.342 e. The summed E-state index contributed by atoms with van der Waals surface area (Å²) in [5.74, 6) is 0. The van der Waals surface area contributed by atoms with Crippen LogP contribution in [0.1, 0.15) is 0 Å². The van der Waals surface area contributed by atoms with Crippen molar-refractivity contribution in [1.29, 1.82) is 0 Å². The first-order chi connectivity index (χ1) is 25.4. The van der Waals surface area contributed by atoms with E-state index in [0.717, 1.165) is 55.7 Å². The Bertz CT molecular complexity index is 2720. The lowest BCUT2D eigenvalue weighted by Crippen LogP contribution is -2.12. The Morgan fingerprint density at radius 3 is 1.33 bits per heavy atom. The molecule has 0 spiro atoms. The summed E-state index contributed by atoms with van der Waals surface area (Å²) >= 11 is 0. The van der Waals surface area contributed by atoms with Gasteiger partial charge in [-0.3, -0.25) is 4.72 Å². The fourth-order valence-corrected chi connectivity index (χ4v) is 7.58. The van der Waals surface area contributed by atoms with Crippen LogP contribution < -0.4 is 4.72 Å². The van der Waals surface area contributed by atoms with Crippen LogP contribution in [0, 0.1) is 0 Å². The molecule has 0 fully saturated rings. The Morgan fingerprint density at radius 2 is 0.865 bits per heavy atom. The van der Waals surface area contributed by atoms with Crippen LogP contribution in [0.2, 0.25) is 0 Å². The molecule has 0 aliphatic rings. The summed E-state index contributed by atoms with van der Waals surface area (Å²) in [5, 5.41) is 20.3.